The van der Waals surface area contributed by atoms with Crippen LogP contribution in [0.3, 0.4) is 0 Å². The van der Waals surface area contributed by atoms with Crippen LogP contribution >= 0.6 is 0 Å². The largest absolute Gasteiger partial charge is 0.367 e. The average molecular weight is 316 g/mol. The van der Waals surface area contributed by atoms with Crippen LogP contribution in [-0.2, 0) is 9.53 Å². The standard InChI is InChI=1S/C19H26NO3/c1-2-3-13-23-18(19(20)22)17(21)16-11-9-15(10-12-16)14-7-5-4-6-8-14/h9-12,18H,2-8,13H2,1H3,(H2,20,22). The van der Waals surface area contributed by atoms with Gasteiger partial charge in [0.2, 0.25) is 5.78 Å². The third-order valence-corrected chi connectivity index (χ3v) is 4.31. The second kappa shape index (κ2) is 8.82. The first-order valence-corrected chi connectivity index (χ1v) is 8.53. The normalized spacial score (nSPS) is 16.9. The van der Waals surface area contributed by atoms with Gasteiger partial charge < -0.3 is 10.5 Å². The Morgan fingerprint density at radius 3 is 2.35 bits per heavy atom. The van der Waals surface area contributed by atoms with E-state index in [1.54, 1.807) is 12.1 Å². The van der Waals surface area contributed by atoms with Crippen LogP contribution in [0.2, 0.25) is 0 Å². The van der Waals surface area contributed by atoms with Crippen LogP contribution in [0.4, 0.5) is 0 Å². The predicted molar refractivity (Wildman–Crippen MR) is 90.0 cm³/mol. The Morgan fingerprint density at radius 1 is 1.13 bits per heavy atom. The minimum atomic E-state index is -1.19. The molecule has 1 aromatic rings. The summed E-state index contributed by atoms with van der Waals surface area (Å²) in [6.45, 7) is 2.39. The first kappa shape index (κ1) is 17.7. The van der Waals surface area contributed by atoms with Crippen molar-refractivity contribution in [3.63, 3.8) is 0 Å². The minimum absolute atomic E-state index is 0.353. The Bertz CT molecular complexity index is 518. The quantitative estimate of drug-likeness (QED) is 0.454. The summed E-state index contributed by atoms with van der Waals surface area (Å²) in [6.07, 6.45) is 6.61. The lowest BCUT2D eigenvalue weighted by Crippen LogP contribution is -2.38. The molecule has 23 heavy (non-hydrogen) atoms. The van der Waals surface area contributed by atoms with E-state index in [0.29, 0.717) is 12.2 Å². The molecule has 1 amide bonds. The summed E-state index contributed by atoms with van der Waals surface area (Å²) >= 11 is 0. The Labute approximate surface area is 138 Å². The van der Waals surface area contributed by atoms with E-state index >= 15 is 0 Å². The molecule has 0 saturated heterocycles. The molecule has 2 rings (SSSR count). The topological polar surface area (TPSA) is 69.4 Å². The molecule has 4 heteroatoms. The fourth-order valence-electron chi connectivity index (χ4n) is 2.92. The lowest BCUT2D eigenvalue weighted by atomic mass is 9.84. The van der Waals surface area contributed by atoms with Crippen molar-refractivity contribution in [1.29, 1.82) is 0 Å². The molecule has 0 bridgehead atoms. The molecule has 0 aliphatic heterocycles. The maximum absolute atomic E-state index is 12.4. The van der Waals surface area contributed by atoms with E-state index in [1.165, 1.54) is 30.7 Å². The Morgan fingerprint density at radius 2 is 1.78 bits per heavy atom. The molecule has 1 aromatic carbocycles. The zero-order valence-electron chi connectivity index (χ0n) is 13.8. The number of unbranched alkanes of at least 4 members (excludes halogenated alkanes) is 1. The van der Waals surface area contributed by atoms with Crippen LogP contribution in [-0.4, -0.2) is 24.4 Å². The highest BCUT2D eigenvalue weighted by molar-refractivity contribution is 6.12. The Kier molecular flexibility index (Phi) is 6.78. The van der Waals surface area contributed by atoms with E-state index in [-0.39, 0.29) is 5.78 Å². The number of amides is 1. The molecule has 0 heterocycles. The average Bonchev–Trinajstić information content (AvgIpc) is 2.59. The van der Waals surface area contributed by atoms with E-state index < -0.39 is 12.0 Å². The van der Waals surface area contributed by atoms with Gasteiger partial charge in [-0.05, 0) is 24.8 Å². The minimum Gasteiger partial charge on any atom is -0.367 e. The van der Waals surface area contributed by atoms with E-state index in [9.17, 15) is 9.59 Å². The van der Waals surface area contributed by atoms with Crippen molar-refractivity contribution in [3.8, 4) is 0 Å². The summed E-state index contributed by atoms with van der Waals surface area (Å²) in [5.41, 5.74) is 6.99. The fraction of sp³-hybridized carbons (Fsp3) is 0.526. The number of hydrogen-bond donors (Lipinski definition) is 1. The van der Waals surface area contributed by atoms with Gasteiger partial charge in [-0.1, -0.05) is 56.9 Å². The summed E-state index contributed by atoms with van der Waals surface area (Å²) in [5, 5.41) is 0. The van der Waals surface area contributed by atoms with Crippen LogP contribution in [0.5, 0.6) is 0 Å². The molecule has 1 unspecified atom stereocenters. The number of ether oxygens (including phenoxy) is 1. The van der Waals surface area contributed by atoms with Gasteiger partial charge in [0.05, 0.1) is 0 Å². The molecule has 1 fully saturated rings. The highest BCUT2D eigenvalue weighted by atomic mass is 16.5. The fourth-order valence-corrected chi connectivity index (χ4v) is 2.92. The van der Waals surface area contributed by atoms with Gasteiger partial charge in [0.1, 0.15) is 0 Å². The number of ketones is 1. The highest BCUT2D eigenvalue weighted by Gasteiger charge is 2.26. The number of rotatable bonds is 8. The summed E-state index contributed by atoms with van der Waals surface area (Å²) in [7, 11) is 0. The molecule has 1 aliphatic rings. The van der Waals surface area contributed by atoms with Crippen molar-refractivity contribution >= 4 is 11.7 Å². The molecule has 0 aromatic heterocycles. The second-order valence-corrected chi connectivity index (χ2v) is 6.11. The zero-order chi connectivity index (χ0) is 16.7. The van der Waals surface area contributed by atoms with Gasteiger partial charge >= 0.3 is 0 Å². The molecule has 125 valence electrons. The Hall–Kier alpha value is -1.68. The molecule has 4 nitrogen and oxygen atoms in total. The van der Waals surface area contributed by atoms with E-state index in [0.717, 1.165) is 25.7 Å². The lowest BCUT2D eigenvalue weighted by Gasteiger charge is -2.21. The molecular formula is C19H26NO3. The van der Waals surface area contributed by atoms with Crippen LogP contribution in [0.15, 0.2) is 24.3 Å². The van der Waals surface area contributed by atoms with Gasteiger partial charge in [-0.3, -0.25) is 9.59 Å². The monoisotopic (exact) mass is 316 g/mol. The number of carbonyl (C=O) groups excluding carboxylic acids is 2. The first-order chi connectivity index (χ1) is 11.1. The number of primary amides is 1. The van der Waals surface area contributed by atoms with Crippen LogP contribution in [0.1, 0.15) is 67.8 Å². The lowest BCUT2D eigenvalue weighted by molar-refractivity contribution is -0.126. The van der Waals surface area contributed by atoms with Crippen molar-refractivity contribution in [3.05, 3.63) is 41.3 Å². The first-order valence-electron chi connectivity index (χ1n) is 8.53. The summed E-state index contributed by atoms with van der Waals surface area (Å²) in [4.78, 5) is 23.9. The summed E-state index contributed by atoms with van der Waals surface area (Å²) < 4.78 is 5.38. The van der Waals surface area contributed by atoms with E-state index in [2.05, 4.69) is 0 Å². The van der Waals surface area contributed by atoms with Gasteiger partial charge in [0.15, 0.2) is 6.10 Å². The number of benzene rings is 1. The van der Waals surface area contributed by atoms with E-state index in [1.807, 2.05) is 19.1 Å². The SMILES string of the molecule is CCCCOC(C(N)=O)C(=O)c1ccc([C]2CCCCC2)cc1. The molecule has 1 saturated carbocycles. The predicted octanol–water partition coefficient (Wildman–Crippen LogP) is 3.43. The molecule has 1 aliphatic carbocycles. The van der Waals surface area contributed by atoms with Gasteiger partial charge in [-0.2, -0.15) is 0 Å². The molecular weight excluding hydrogens is 290 g/mol. The number of carbonyl (C=O) groups is 2. The Balaban J connectivity index is 2.03. The number of hydrogen-bond acceptors (Lipinski definition) is 3. The molecule has 0 spiro atoms. The van der Waals surface area contributed by atoms with Crippen molar-refractivity contribution in [2.75, 3.05) is 6.61 Å². The summed E-state index contributed by atoms with van der Waals surface area (Å²) in [6, 6.07) is 7.49. The van der Waals surface area contributed by atoms with Crippen LogP contribution in [0, 0.1) is 5.92 Å². The third-order valence-electron chi connectivity index (χ3n) is 4.31. The van der Waals surface area contributed by atoms with Gasteiger partial charge in [0.25, 0.3) is 5.91 Å². The highest BCUT2D eigenvalue weighted by Crippen LogP contribution is 2.31. The van der Waals surface area contributed by atoms with Crippen molar-refractivity contribution in [1.82, 2.24) is 0 Å². The number of Topliss-reactive ketones (excluding diaryl/α,β-unsaturated/α-hetero) is 1. The molecule has 2 N–H and O–H groups in total. The molecule has 1 radical (unpaired) electrons. The van der Waals surface area contributed by atoms with Gasteiger partial charge in [0, 0.05) is 18.1 Å². The van der Waals surface area contributed by atoms with Crippen LogP contribution < -0.4 is 5.73 Å². The maximum atomic E-state index is 12.4. The number of nitrogens with two attached hydrogens (primary N) is 1. The maximum Gasteiger partial charge on any atom is 0.254 e. The van der Waals surface area contributed by atoms with Crippen LogP contribution in [0.25, 0.3) is 0 Å². The van der Waals surface area contributed by atoms with Gasteiger partial charge in [-0.15, -0.1) is 0 Å². The van der Waals surface area contributed by atoms with Crippen molar-refractivity contribution in [2.45, 2.75) is 58.0 Å². The van der Waals surface area contributed by atoms with Crippen molar-refractivity contribution < 1.29 is 14.3 Å². The molecule has 1 atom stereocenters. The zero-order valence-corrected chi connectivity index (χ0v) is 13.8. The second-order valence-electron chi connectivity index (χ2n) is 6.11. The van der Waals surface area contributed by atoms with Crippen molar-refractivity contribution in [2.24, 2.45) is 5.73 Å². The summed E-state index contributed by atoms with van der Waals surface area (Å²) in [5.74, 6) is 0.381. The smallest absolute Gasteiger partial charge is 0.254 e. The van der Waals surface area contributed by atoms with Gasteiger partial charge in [-0.25, -0.2) is 0 Å². The van der Waals surface area contributed by atoms with E-state index in [4.69, 9.17) is 10.5 Å². The third kappa shape index (κ3) is 4.90.